The van der Waals surface area contributed by atoms with Crippen LogP contribution in [0.1, 0.15) is 39.5 Å². The summed E-state index contributed by atoms with van der Waals surface area (Å²) in [5.41, 5.74) is 0. The van der Waals surface area contributed by atoms with Gasteiger partial charge >= 0.3 is 5.97 Å². The summed E-state index contributed by atoms with van der Waals surface area (Å²) in [4.78, 5) is 22.7. The zero-order chi connectivity index (χ0) is 15.3. The molecular weight excluding hydrogens is 284 g/mol. The van der Waals surface area contributed by atoms with Crippen molar-refractivity contribution in [3.05, 3.63) is 0 Å². The number of carboxylic acid groups (broad SMARTS) is 1. The average molecular weight is 306 g/mol. The number of hydrogen-bond acceptors (Lipinski definition) is 4. The molecule has 1 saturated heterocycles. The van der Waals surface area contributed by atoms with Crippen molar-refractivity contribution in [3.63, 3.8) is 0 Å². The van der Waals surface area contributed by atoms with Gasteiger partial charge in [0.1, 0.15) is 12.1 Å². The number of hydrogen-bond donors (Lipinski definition) is 2. The van der Waals surface area contributed by atoms with Crippen LogP contribution in [0.3, 0.4) is 0 Å². The van der Waals surface area contributed by atoms with E-state index < -0.39 is 34.0 Å². The summed E-state index contributed by atoms with van der Waals surface area (Å²) in [7, 11) is -3.45. The van der Waals surface area contributed by atoms with E-state index in [2.05, 4.69) is 5.32 Å². The van der Waals surface area contributed by atoms with E-state index in [4.69, 9.17) is 5.11 Å². The summed E-state index contributed by atoms with van der Waals surface area (Å²) in [5.74, 6) is -1.64. The molecule has 0 aliphatic carbocycles. The Morgan fingerprint density at radius 1 is 1.45 bits per heavy atom. The number of sulfonamides is 1. The van der Waals surface area contributed by atoms with Gasteiger partial charge in [0.2, 0.25) is 15.9 Å². The SMILES string of the molecule is CCCCS(=O)(=O)N1CCCC1C(=O)NC(C)C(=O)O. The first kappa shape index (κ1) is 16.9. The molecule has 0 spiro atoms. The van der Waals surface area contributed by atoms with Crippen molar-refractivity contribution >= 4 is 21.9 Å². The van der Waals surface area contributed by atoms with Gasteiger partial charge < -0.3 is 10.4 Å². The molecular formula is C12H22N2O5S. The van der Waals surface area contributed by atoms with E-state index in [1.54, 1.807) is 0 Å². The Labute approximate surface area is 119 Å². The fourth-order valence-electron chi connectivity index (χ4n) is 2.15. The molecule has 0 aromatic rings. The Balaban J connectivity index is 2.74. The highest BCUT2D eigenvalue weighted by Gasteiger charge is 2.38. The second-order valence-electron chi connectivity index (χ2n) is 5.01. The Bertz CT molecular complexity index is 462. The quantitative estimate of drug-likeness (QED) is 0.698. The summed E-state index contributed by atoms with van der Waals surface area (Å²) < 4.78 is 25.5. The van der Waals surface area contributed by atoms with Crippen LogP contribution >= 0.6 is 0 Å². The molecule has 1 aliphatic rings. The van der Waals surface area contributed by atoms with Crippen molar-refractivity contribution in [2.24, 2.45) is 0 Å². The number of nitrogens with zero attached hydrogens (tertiary/aromatic N) is 1. The molecule has 1 amide bonds. The molecule has 1 heterocycles. The lowest BCUT2D eigenvalue weighted by Crippen LogP contribution is -2.50. The van der Waals surface area contributed by atoms with E-state index in [1.807, 2.05) is 6.92 Å². The number of aliphatic carboxylic acids is 1. The molecule has 0 aromatic carbocycles. The van der Waals surface area contributed by atoms with E-state index >= 15 is 0 Å². The lowest BCUT2D eigenvalue weighted by molar-refractivity contribution is -0.141. The maximum atomic E-state index is 12.2. The van der Waals surface area contributed by atoms with E-state index in [0.717, 1.165) is 6.42 Å². The van der Waals surface area contributed by atoms with Crippen LogP contribution in [0, 0.1) is 0 Å². The number of carboxylic acids is 1. The zero-order valence-corrected chi connectivity index (χ0v) is 12.6. The Hall–Kier alpha value is -1.15. The van der Waals surface area contributed by atoms with E-state index in [9.17, 15) is 18.0 Å². The molecule has 7 nitrogen and oxygen atoms in total. The van der Waals surface area contributed by atoms with Gasteiger partial charge in [0.05, 0.1) is 5.75 Å². The molecule has 0 aromatic heterocycles. The highest BCUT2D eigenvalue weighted by atomic mass is 32.2. The van der Waals surface area contributed by atoms with Crippen molar-refractivity contribution in [1.82, 2.24) is 9.62 Å². The maximum absolute atomic E-state index is 12.2. The standard InChI is InChI=1S/C12H22N2O5S/c1-3-4-8-20(18,19)14-7-5-6-10(14)11(15)13-9(2)12(16)17/h9-10H,3-8H2,1-2H3,(H,13,15)(H,16,17). The molecule has 116 valence electrons. The first-order valence-electron chi connectivity index (χ1n) is 6.82. The summed E-state index contributed by atoms with van der Waals surface area (Å²) in [6.45, 7) is 3.58. The van der Waals surface area contributed by atoms with Gasteiger partial charge in [0.25, 0.3) is 0 Å². The summed E-state index contributed by atoms with van der Waals surface area (Å²) in [6.07, 6.45) is 2.37. The summed E-state index contributed by atoms with van der Waals surface area (Å²) >= 11 is 0. The molecule has 1 fully saturated rings. The van der Waals surface area contributed by atoms with Gasteiger partial charge in [-0.25, -0.2) is 8.42 Å². The molecule has 20 heavy (non-hydrogen) atoms. The highest BCUT2D eigenvalue weighted by Crippen LogP contribution is 2.22. The minimum atomic E-state index is -3.45. The zero-order valence-electron chi connectivity index (χ0n) is 11.8. The van der Waals surface area contributed by atoms with Crippen molar-refractivity contribution in [2.45, 2.75) is 51.6 Å². The van der Waals surface area contributed by atoms with Crippen LogP contribution < -0.4 is 5.32 Å². The molecule has 1 rings (SSSR count). The van der Waals surface area contributed by atoms with Crippen LogP contribution in [0.5, 0.6) is 0 Å². The normalized spacial score (nSPS) is 21.6. The second-order valence-corrected chi connectivity index (χ2v) is 7.05. The Morgan fingerprint density at radius 3 is 2.65 bits per heavy atom. The van der Waals surface area contributed by atoms with Gasteiger partial charge in [-0.2, -0.15) is 4.31 Å². The van der Waals surface area contributed by atoms with Crippen LogP contribution in [-0.2, 0) is 19.6 Å². The number of carbonyl (C=O) groups excluding carboxylic acids is 1. The lowest BCUT2D eigenvalue weighted by Gasteiger charge is -2.24. The molecule has 8 heteroatoms. The number of unbranched alkanes of at least 4 members (excludes halogenated alkanes) is 1. The Morgan fingerprint density at radius 2 is 2.10 bits per heavy atom. The first-order valence-corrected chi connectivity index (χ1v) is 8.43. The van der Waals surface area contributed by atoms with Crippen LogP contribution in [-0.4, -0.2) is 54.1 Å². The average Bonchev–Trinajstić information content (AvgIpc) is 2.86. The maximum Gasteiger partial charge on any atom is 0.325 e. The van der Waals surface area contributed by atoms with Gasteiger partial charge in [0.15, 0.2) is 0 Å². The van der Waals surface area contributed by atoms with Crippen LogP contribution in [0.4, 0.5) is 0 Å². The van der Waals surface area contributed by atoms with Crippen molar-refractivity contribution < 1.29 is 23.1 Å². The molecule has 0 bridgehead atoms. The van der Waals surface area contributed by atoms with E-state index in [-0.39, 0.29) is 5.75 Å². The molecule has 0 radical (unpaired) electrons. The minimum Gasteiger partial charge on any atom is -0.480 e. The molecule has 2 atom stereocenters. The number of nitrogens with one attached hydrogen (secondary N) is 1. The predicted octanol–water partition coefficient (Wildman–Crippen LogP) is 0.170. The molecule has 0 saturated carbocycles. The molecule has 1 aliphatic heterocycles. The minimum absolute atomic E-state index is 0.0295. The van der Waals surface area contributed by atoms with Crippen molar-refractivity contribution in [1.29, 1.82) is 0 Å². The van der Waals surface area contributed by atoms with E-state index in [0.29, 0.717) is 25.8 Å². The number of carbonyl (C=O) groups is 2. The van der Waals surface area contributed by atoms with Crippen molar-refractivity contribution in [2.75, 3.05) is 12.3 Å². The van der Waals surface area contributed by atoms with Crippen LogP contribution in [0.25, 0.3) is 0 Å². The fourth-order valence-corrected chi connectivity index (χ4v) is 4.03. The van der Waals surface area contributed by atoms with Gasteiger partial charge in [-0.1, -0.05) is 13.3 Å². The third kappa shape index (κ3) is 4.17. The van der Waals surface area contributed by atoms with Gasteiger partial charge in [-0.3, -0.25) is 9.59 Å². The van der Waals surface area contributed by atoms with Crippen molar-refractivity contribution in [3.8, 4) is 0 Å². The second kappa shape index (κ2) is 7.03. The molecule has 2 N–H and O–H groups in total. The summed E-state index contributed by atoms with van der Waals surface area (Å²) in [6, 6.07) is -1.80. The molecule has 2 unspecified atom stereocenters. The number of amides is 1. The largest absolute Gasteiger partial charge is 0.480 e. The third-order valence-electron chi connectivity index (χ3n) is 3.35. The predicted molar refractivity (Wildman–Crippen MR) is 73.7 cm³/mol. The van der Waals surface area contributed by atoms with Crippen LogP contribution in [0.15, 0.2) is 0 Å². The smallest absolute Gasteiger partial charge is 0.325 e. The van der Waals surface area contributed by atoms with Crippen LogP contribution in [0.2, 0.25) is 0 Å². The third-order valence-corrected chi connectivity index (χ3v) is 5.30. The van der Waals surface area contributed by atoms with E-state index in [1.165, 1.54) is 11.2 Å². The highest BCUT2D eigenvalue weighted by molar-refractivity contribution is 7.89. The first-order chi connectivity index (χ1) is 9.29. The van der Waals surface area contributed by atoms with Gasteiger partial charge in [-0.05, 0) is 26.2 Å². The topological polar surface area (TPSA) is 104 Å². The summed E-state index contributed by atoms with van der Waals surface area (Å²) in [5, 5.41) is 11.1. The number of rotatable bonds is 7. The monoisotopic (exact) mass is 306 g/mol. The lowest BCUT2D eigenvalue weighted by atomic mass is 10.2. The van der Waals surface area contributed by atoms with Gasteiger partial charge in [-0.15, -0.1) is 0 Å². The fraction of sp³-hybridized carbons (Fsp3) is 0.833. The Kier molecular flexibility index (Phi) is 5.94. The van der Waals surface area contributed by atoms with Gasteiger partial charge in [0, 0.05) is 6.54 Å².